The van der Waals surface area contributed by atoms with Crippen molar-refractivity contribution in [3.05, 3.63) is 101 Å². The first-order valence-corrected chi connectivity index (χ1v) is 13.1. The molecule has 4 aromatic rings. The highest BCUT2D eigenvalue weighted by atomic mass is 32.2. The van der Waals surface area contributed by atoms with Crippen molar-refractivity contribution in [2.75, 3.05) is 13.4 Å². The first-order valence-electron chi connectivity index (χ1n) is 10.3. The molecule has 0 saturated carbocycles. The van der Waals surface area contributed by atoms with Gasteiger partial charge in [-0.2, -0.15) is 0 Å². The number of thiazole rings is 1. The Bertz CT molecular complexity index is 1330. The molecule has 1 unspecified atom stereocenters. The number of aromatic nitrogens is 2. The minimum Gasteiger partial charge on any atom is -0.469 e. The van der Waals surface area contributed by atoms with E-state index in [1.54, 1.807) is 60.1 Å². The van der Waals surface area contributed by atoms with E-state index < -0.39 is 14.6 Å². The molecule has 0 radical (unpaired) electrons. The van der Waals surface area contributed by atoms with Crippen LogP contribution in [0.4, 0.5) is 0 Å². The van der Waals surface area contributed by atoms with Crippen LogP contribution in [0, 0.1) is 0 Å². The smallest absolute Gasteiger partial charge is 0.309 e. The Morgan fingerprint density at radius 1 is 1.09 bits per heavy atom. The third-order valence-corrected chi connectivity index (χ3v) is 8.41. The van der Waals surface area contributed by atoms with Crippen molar-refractivity contribution in [3.8, 4) is 10.6 Å². The normalized spacial score (nSPS) is 13.4. The zero-order chi connectivity index (χ0) is 23.5. The van der Waals surface area contributed by atoms with Gasteiger partial charge in [0.1, 0.15) is 9.75 Å². The van der Waals surface area contributed by atoms with Crippen molar-refractivity contribution in [3.63, 3.8) is 0 Å². The molecule has 0 saturated heterocycles. The number of H-pyrrole nitrogens is 1. The molecule has 0 fully saturated rings. The molecule has 0 spiro atoms. The SMILES string of the molecule is COC(=O)Cc1cccc(C(Cc2ccc(-c3nccs3)cc2)(c2ccc[nH]2)S(C)(=O)=O)c1. The van der Waals surface area contributed by atoms with Crippen LogP contribution in [0.2, 0.25) is 0 Å². The number of benzene rings is 2. The van der Waals surface area contributed by atoms with Crippen LogP contribution in [0.15, 0.2) is 78.4 Å². The Balaban J connectivity index is 1.82. The van der Waals surface area contributed by atoms with Gasteiger partial charge in [0.15, 0.2) is 9.84 Å². The molecule has 4 rings (SSSR count). The molecule has 0 aliphatic heterocycles. The zero-order valence-electron chi connectivity index (χ0n) is 18.3. The summed E-state index contributed by atoms with van der Waals surface area (Å²) in [5.41, 5.74) is 3.72. The molecule has 6 nitrogen and oxygen atoms in total. The van der Waals surface area contributed by atoms with Crippen LogP contribution < -0.4 is 0 Å². The van der Waals surface area contributed by atoms with Gasteiger partial charge in [-0.05, 0) is 28.8 Å². The summed E-state index contributed by atoms with van der Waals surface area (Å²) < 4.78 is 30.4. The van der Waals surface area contributed by atoms with E-state index in [0.717, 1.165) is 16.1 Å². The molecule has 0 aliphatic carbocycles. The lowest BCUT2D eigenvalue weighted by Crippen LogP contribution is -2.39. The molecule has 33 heavy (non-hydrogen) atoms. The summed E-state index contributed by atoms with van der Waals surface area (Å²) in [6.07, 6.45) is 5.03. The monoisotopic (exact) mass is 480 g/mol. The largest absolute Gasteiger partial charge is 0.469 e. The summed E-state index contributed by atoms with van der Waals surface area (Å²) in [4.78, 5) is 19.3. The highest BCUT2D eigenvalue weighted by Crippen LogP contribution is 2.40. The first kappa shape index (κ1) is 22.9. The van der Waals surface area contributed by atoms with Crippen LogP contribution in [0.1, 0.15) is 22.4 Å². The van der Waals surface area contributed by atoms with Gasteiger partial charge in [0, 0.05) is 41.7 Å². The maximum absolute atomic E-state index is 13.5. The Morgan fingerprint density at radius 3 is 2.48 bits per heavy atom. The highest BCUT2D eigenvalue weighted by molar-refractivity contribution is 7.91. The first-order chi connectivity index (χ1) is 15.8. The summed E-state index contributed by atoms with van der Waals surface area (Å²) in [6, 6.07) is 18.5. The molecule has 170 valence electrons. The zero-order valence-corrected chi connectivity index (χ0v) is 19.9. The van der Waals surface area contributed by atoms with E-state index in [-0.39, 0.29) is 18.8 Å². The molecule has 1 atom stereocenters. The molecule has 0 bridgehead atoms. The van der Waals surface area contributed by atoms with E-state index in [0.29, 0.717) is 16.8 Å². The third-order valence-electron chi connectivity index (χ3n) is 5.72. The summed E-state index contributed by atoms with van der Waals surface area (Å²) >= 11 is 1.55. The predicted octanol–water partition coefficient (Wildman–Crippen LogP) is 4.38. The van der Waals surface area contributed by atoms with Crippen LogP contribution in [0.25, 0.3) is 10.6 Å². The lowest BCUT2D eigenvalue weighted by Gasteiger charge is -2.32. The molecule has 0 amide bonds. The number of sulfone groups is 1. The van der Waals surface area contributed by atoms with Crippen LogP contribution in [0.5, 0.6) is 0 Å². The number of hydrogen-bond acceptors (Lipinski definition) is 6. The standard InChI is InChI=1S/C25H24N2O4S2/c1-31-23(28)16-19-5-3-6-21(15-19)25(33(2,29)30,22-7-4-12-26-22)17-18-8-10-20(11-9-18)24-27-13-14-32-24/h3-15,26H,16-17H2,1-2H3. The third kappa shape index (κ3) is 4.62. The van der Waals surface area contributed by atoms with Crippen molar-refractivity contribution in [2.45, 2.75) is 17.6 Å². The van der Waals surface area contributed by atoms with Crippen molar-refractivity contribution in [1.29, 1.82) is 0 Å². The van der Waals surface area contributed by atoms with Gasteiger partial charge < -0.3 is 9.72 Å². The van der Waals surface area contributed by atoms with Crippen LogP contribution in [-0.2, 0) is 37.0 Å². The second-order valence-electron chi connectivity index (χ2n) is 7.85. The average molecular weight is 481 g/mol. The molecular formula is C25H24N2O4S2. The molecule has 8 heteroatoms. The van der Waals surface area contributed by atoms with E-state index in [1.165, 1.54) is 13.4 Å². The maximum atomic E-state index is 13.5. The molecule has 2 heterocycles. The van der Waals surface area contributed by atoms with E-state index in [4.69, 9.17) is 4.74 Å². The predicted molar refractivity (Wildman–Crippen MR) is 130 cm³/mol. The number of ether oxygens (including phenoxy) is 1. The van der Waals surface area contributed by atoms with Crippen molar-refractivity contribution in [2.24, 2.45) is 0 Å². The van der Waals surface area contributed by atoms with E-state index in [1.807, 2.05) is 29.6 Å². The van der Waals surface area contributed by atoms with E-state index in [2.05, 4.69) is 9.97 Å². The molecule has 2 aromatic heterocycles. The van der Waals surface area contributed by atoms with Crippen molar-refractivity contribution in [1.82, 2.24) is 9.97 Å². The number of rotatable bonds is 8. The van der Waals surface area contributed by atoms with Crippen molar-refractivity contribution >= 4 is 27.1 Å². The maximum Gasteiger partial charge on any atom is 0.309 e. The average Bonchev–Trinajstić information content (AvgIpc) is 3.52. The fourth-order valence-electron chi connectivity index (χ4n) is 4.07. The van der Waals surface area contributed by atoms with Crippen LogP contribution in [0.3, 0.4) is 0 Å². The number of nitrogens with one attached hydrogen (secondary N) is 1. The quantitative estimate of drug-likeness (QED) is 0.378. The van der Waals surface area contributed by atoms with Crippen LogP contribution >= 0.6 is 11.3 Å². The van der Waals surface area contributed by atoms with E-state index in [9.17, 15) is 13.2 Å². The van der Waals surface area contributed by atoms with Gasteiger partial charge in [-0.25, -0.2) is 13.4 Å². The highest BCUT2D eigenvalue weighted by Gasteiger charge is 2.45. The Labute approximate surface area is 197 Å². The minimum atomic E-state index is -3.66. The second-order valence-corrected chi connectivity index (χ2v) is 11.0. The summed E-state index contributed by atoms with van der Waals surface area (Å²) in [6.45, 7) is 0. The number of nitrogens with zero attached hydrogens (tertiary/aromatic N) is 1. The topological polar surface area (TPSA) is 89.1 Å². The number of aromatic amines is 1. The molecular weight excluding hydrogens is 456 g/mol. The van der Waals surface area contributed by atoms with E-state index >= 15 is 0 Å². The minimum absolute atomic E-state index is 0.0669. The van der Waals surface area contributed by atoms with Crippen LogP contribution in [-0.4, -0.2) is 37.7 Å². The number of hydrogen-bond donors (Lipinski definition) is 1. The lowest BCUT2D eigenvalue weighted by atomic mass is 9.87. The van der Waals surface area contributed by atoms with Gasteiger partial charge in [-0.15, -0.1) is 11.3 Å². The molecule has 2 aromatic carbocycles. The Morgan fingerprint density at radius 2 is 1.88 bits per heavy atom. The Hall–Kier alpha value is -3.23. The van der Waals surface area contributed by atoms with Gasteiger partial charge in [0.05, 0.1) is 13.5 Å². The molecule has 0 aliphatic rings. The van der Waals surface area contributed by atoms with Gasteiger partial charge in [0.2, 0.25) is 0 Å². The summed E-state index contributed by atoms with van der Waals surface area (Å²) in [7, 11) is -2.33. The van der Waals surface area contributed by atoms with Gasteiger partial charge >= 0.3 is 5.97 Å². The van der Waals surface area contributed by atoms with Gasteiger partial charge in [-0.3, -0.25) is 4.79 Å². The Kier molecular flexibility index (Phi) is 6.49. The van der Waals surface area contributed by atoms with Crippen molar-refractivity contribution < 1.29 is 17.9 Å². The number of esters is 1. The number of carbonyl (C=O) groups excluding carboxylic acids is 1. The number of carbonyl (C=O) groups is 1. The summed E-state index contributed by atoms with van der Waals surface area (Å²) in [5, 5.41) is 2.83. The fourth-order valence-corrected chi connectivity index (χ4v) is 6.22. The fraction of sp³-hybridized carbons (Fsp3) is 0.200. The van der Waals surface area contributed by atoms with Gasteiger partial charge in [0.25, 0.3) is 0 Å². The number of methoxy groups -OCH3 is 1. The molecule has 1 N–H and O–H groups in total. The second kappa shape index (κ2) is 9.33. The summed E-state index contributed by atoms with van der Waals surface area (Å²) in [5.74, 6) is -0.380. The van der Waals surface area contributed by atoms with Gasteiger partial charge in [-0.1, -0.05) is 48.5 Å². The lowest BCUT2D eigenvalue weighted by molar-refractivity contribution is -0.139.